The topological polar surface area (TPSA) is 37.3 Å². The number of aliphatic carboxylic acids is 1. The molecule has 1 unspecified atom stereocenters. The Morgan fingerprint density at radius 2 is 2.15 bits per heavy atom. The monoisotopic (exact) mass is 182 g/mol. The summed E-state index contributed by atoms with van der Waals surface area (Å²) in [6.07, 6.45) is 4.63. The highest BCUT2D eigenvalue weighted by atomic mass is 16.4. The highest BCUT2D eigenvalue weighted by molar-refractivity contribution is 5.66. The molecule has 0 aliphatic heterocycles. The number of carboxylic acid groups (broad SMARTS) is 1. The smallest absolute Gasteiger partial charge is 0.303 e. The molecule has 13 heavy (non-hydrogen) atoms. The van der Waals surface area contributed by atoms with E-state index in [1.165, 1.54) is 17.6 Å². The van der Waals surface area contributed by atoms with Crippen LogP contribution in [-0.2, 0) is 4.79 Å². The van der Waals surface area contributed by atoms with Gasteiger partial charge in [-0.3, -0.25) is 4.79 Å². The van der Waals surface area contributed by atoms with E-state index in [1.54, 1.807) is 0 Å². The van der Waals surface area contributed by atoms with Crippen LogP contribution in [0.3, 0.4) is 0 Å². The minimum atomic E-state index is -0.663. The Hall–Kier alpha value is -0.790. The summed E-state index contributed by atoms with van der Waals surface area (Å²) in [4.78, 5) is 10.4. The quantitative estimate of drug-likeness (QED) is 0.681. The molecule has 0 aromatic carbocycles. The molecule has 2 heteroatoms. The normalized spacial score (nSPS) is 23.4. The molecule has 74 valence electrons. The van der Waals surface area contributed by atoms with Crippen LogP contribution in [0.2, 0.25) is 0 Å². The van der Waals surface area contributed by atoms with Gasteiger partial charge < -0.3 is 5.11 Å². The van der Waals surface area contributed by atoms with Gasteiger partial charge in [-0.05, 0) is 45.4 Å². The number of allylic oxidation sites excluding steroid dienone is 2. The van der Waals surface area contributed by atoms with Crippen molar-refractivity contribution in [3.8, 4) is 0 Å². The van der Waals surface area contributed by atoms with Crippen LogP contribution >= 0.6 is 0 Å². The predicted octanol–water partition coefficient (Wildman–Crippen LogP) is 2.99. The van der Waals surface area contributed by atoms with Crippen LogP contribution in [0.25, 0.3) is 0 Å². The van der Waals surface area contributed by atoms with Gasteiger partial charge in [0.05, 0.1) is 0 Å². The average molecular weight is 182 g/mol. The highest BCUT2D eigenvalue weighted by Gasteiger charge is 2.16. The van der Waals surface area contributed by atoms with Crippen LogP contribution in [0.4, 0.5) is 0 Å². The molecule has 1 aliphatic rings. The number of hydrogen-bond acceptors (Lipinski definition) is 1. The first kappa shape index (κ1) is 10.3. The summed E-state index contributed by atoms with van der Waals surface area (Å²) in [6.45, 7) is 4.35. The van der Waals surface area contributed by atoms with Gasteiger partial charge in [-0.2, -0.15) is 0 Å². The lowest BCUT2D eigenvalue weighted by atomic mass is 9.83. The van der Waals surface area contributed by atoms with Crippen molar-refractivity contribution in [1.29, 1.82) is 0 Å². The summed E-state index contributed by atoms with van der Waals surface area (Å²) in [5, 5.41) is 8.55. The van der Waals surface area contributed by atoms with Crippen LogP contribution in [0, 0.1) is 5.92 Å². The number of rotatable bonds is 3. The van der Waals surface area contributed by atoms with Crippen molar-refractivity contribution in [1.82, 2.24) is 0 Å². The first-order valence-corrected chi connectivity index (χ1v) is 4.96. The maximum atomic E-state index is 10.4. The van der Waals surface area contributed by atoms with Gasteiger partial charge in [-0.15, -0.1) is 0 Å². The van der Waals surface area contributed by atoms with Crippen molar-refractivity contribution < 1.29 is 9.90 Å². The van der Waals surface area contributed by atoms with E-state index in [9.17, 15) is 4.79 Å². The molecule has 0 bridgehead atoms. The molecule has 0 spiro atoms. The Bertz CT molecular complexity index is 228. The Morgan fingerprint density at radius 3 is 2.69 bits per heavy atom. The fourth-order valence-electron chi connectivity index (χ4n) is 1.92. The second-order valence-corrected chi connectivity index (χ2v) is 4.10. The minimum Gasteiger partial charge on any atom is -0.481 e. The van der Waals surface area contributed by atoms with Crippen molar-refractivity contribution in [2.75, 3.05) is 0 Å². The van der Waals surface area contributed by atoms with E-state index in [0.717, 1.165) is 19.3 Å². The molecule has 0 amide bonds. The first-order chi connectivity index (χ1) is 6.09. The molecule has 0 fully saturated rings. The Morgan fingerprint density at radius 1 is 1.46 bits per heavy atom. The Balaban J connectivity index is 2.36. The molecule has 1 N–H and O–H groups in total. The maximum absolute atomic E-state index is 10.4. The standard InChI is InChI=1S/C11H18O2/c1-8-3-4-10(7-9(8)2)5-6-11(12)13/h10H,3-7H2,1-2H3,(H,12,13). The van der Waals surface area contributed by atoms with Gasteiger partial charge in [0.1, 0.15) is 0 Å². The summed E-state index contributed by atoms with van der Waals surface area (Å²) < 4.78 is 0. The number of hydrogen-bond donors (Lipinski definition) is 1. The van der Waals surface area contributed by atoms with Gasteiger partial charge >= 0.3 is 5.97 Å². The van der Waals surface area contributed by atoms with Crippen molar-refractivity contribution >= 4 is 5.97 Å². The molecule has 0 aromatic heterocycles. The zero-order valence-corrected chi connectivity index (χ0v) is 8.47. The third-order valence-electron chi connectivity index (χ3n) is 3.02. The van der Waals surface area contributed by atoms with Crippen LogP contribution in [0.15, 0.2) is 11.1 Å². The molecular formula is C11H18O2. The van der Waals surface area contributed by atoms with Crippen LogP contribution in [0.1, 0.15) is 46.0 Å². The molecule has 0 saturated carbocycles. The SMILES string of the molecule is CC1=C(C)CC(CCC(=O)O)CC1. The van der Waals surface area contributed by atoms with Crippen molar-refractivity contribution in [2.24, 2.45) is 5.92 Å². The third-order valence-corrected chi connectivity index (χ3v) is 3.02. The van der Waals surface area contributed by atoms with Gasteiger partial charge in [0, 0.05) is 6.42 Å². The second-order valence-electron chi connectivity index (χ2n) is 4.10. The summed E-state index contributed by atoms with van der Waals surface area (Å²) in [5.74, 6) is -0.0521. The van der Waals surface area contributed by atoms with E-state index in [0.29, 0.717) is 12.3 Å². The van der Waals surface area contributed by atoms with Crippen molar-refractivity contribution in [3.63, 3.8) is 0 Å². The molecule has 2 nitrogen and oxygen atoms in total. The molecular weight excluding hydrogens is 164 g/mol. The van der Waals surface area contributed by atoms with Gasteiger partial charge in [0.2, 0.25) is 0 Å². The molecule has 0 heterocycles. The fraction of sp³-hybridized carbons (Fsp3) is 0.727. The zero-order valence-electron chi connectivity index (χ0n) is 8.47. The molecule has 1 rings (SSSR count). The van der Waals surface area contributed by atoms with Crippen LogP contribution < -0.4 is 0 Å². The molecule has 0 saturated heterocycles. The zero-order chi connectivity index (χ0) is 9.84. The summed E-state index contributed by atoms with van der Waals surface area (Å²) in [5.41, 5.74) is 2.98. The second kappa shape index (κ2) is 4.45. The van der Waals surface area contributed by atoms with Gasteiger partial charge in [-0.1, -0.05) is 11.1 Å². The fourth-order valence-corrected chi connectivity index (χ4v) is 1.92. The number of carbonyl (C=O) groups is 1. The maximum Gasteiger partial charge on any atom is 0.303 e. The van der Waals surface area contributed by atoms with E-state index in [-0.39, 0.29) is 0 Å². The van der Waals surface area contributed by atoms with Gasteiger partial charge in [0.25, 0.3) is 0 Å². The van der Waals surface area contributed by atoms with E-state index in [4.69, 9.17) is 5.11 Å². The van der Waals surface area contributed by atoms with Gasteiger partial charge in [0.15, 0.2) is 0 Å². The van der Waals surface area contributed by atoms with E-state index in [1.807, 2.05) is 0 Å². The van der Waals surface area contributed by atoms with E-state index in [2.05, 4.69) is 13.8 Å². The Labute approximate surface area is 79.6 Å². The largest absolute Gasteiger partial charge is 0.481 e. The Kier molecular flexibility index (Phi) is 3.52. The predicted molar refractivity (Wildman–Crippen MR) is 52.6 cm³/mol. The van der Waals surface area contributed by atoms with Crippen LogP contribution in [0.5, 0.6) is 0 Å². The lowest BCUT2D eigenvalue weighted by Crippen LogP contribution is -2.10. The number of carboxylic acids is 1. The van der Waals surface area contributed by atoms with Crippen molar-refractivity contribution in [2.45, 2.75) is 46.0 Å². The third kappa shape index (κ3) is 3.21. The summed E-state index contributed by atoms with van der Waals surface area (Å²) in [6, 6.07) is 0. The highest BCUT2D eigenvalue weighted by Crippen LogP contribution is 2.31. The average Bonchev–Trinajstić information content (AvgIpc) is 2.07. The molecule has 1 atom stereocenters. The molecule has 0 aromatic rings. The molecule has 1 aliphatic carbocycles. The minimum absolute atomic E-state index is 0.330. The lowest BCUT2D eigenvalue weighted by molar-refractivity contribution is -0.137. The van der Waals surface area contributed by atoms with E-state index < -0.39 is 5.97 Å². The molecule has 0 radical (unpaired) electrons. The van der Waals surface area contributed by atoms with Gasteiger partial charge in [-0.25, -0.2) is 0 Å². The van der Waals surface area contributed by atoms with Crippen molar-refractivity contribution in [3.05, 3.63) is 11.1 Å². The summed E-state index contributed by atoms with van der Waals surface area (Å²) in [7, 11) is 0. The van der Waals surface area contributed by atoms with E-state index >= 15 is 0 Å². The first-order valence-electron chi connectivity index (χ1n) is 4.96. The lowest BCUT2D eigenvalue weighted by Gasteiger charge is -2.23. The van der Waals surface area contributed by atoms with Crippen LogP contribution in [-0.4, -0.2) is 11.1 Å². The summed E-state index contributed by atoms with van der Waals surface area (Å²) >= 11 is 0.